The van der Waals surface area contributed by atoms with Gasteiger partial charge >= 0.3 is 15.2 Å². The molecule has 0 aromatic heterocycles. The van der Waals surface area contributed by atoms with E-state index in [0.717, 1.165) is 116 Å². The van der Waals surface area contributed by atoms with Gasteiger partial charge in [0.25, 0.3) is 0 Å². The molecule has 0 aromatic carbocycles. The van der Waals surface area contributed by atoms with E-state index in [1.54, 1.807) is 0 Å². The number of hydrogen-bond donors (Lipinski definition) is 4. The number of unbranched alkanes of at least 4 members (excludes halogenated alkanes) is 15. The Balaban J connectivity index is -0.000000936. The van der Waals surface area contributed by atoms with Crippen molar-refractivity contribution >= 4 is 89.6 Å². The van der Waals surface area contributed by atoms with Gasteiger partial charge in [0, 0.05) is 13.1 Å². The number of rotatable bonds is 45. The van der Waals surface area contributed by atoms with E-state index in [4.69, 9.17) is 41.0 Å². The minimum Gasteiger partial charge on any atom is -0.330 e. The number of nitrogens with zero attached hydrogens (tertiary/aromatic N) is 2. The Morgan fingerprint density at radius 2 is 0.550 bits per heavy atom. The monoisotopic (exact) mass is 1030 g/mol. The summed E-state index contributed by atoms with van der Waals surface area (Å²) in [5.41, 5.74) is 23.1. The third kappa shape index (κ3) is 49.2. The molecule has 20 heteroatoms. The van der Waals surface area contributed by atoms with Gasteiger partial charge in [-0.05, 0) is 104 Å². The Morgan fingerprint density at radius 3 is 0.767 bits per heavy atom. The normalized spacial score (nSPS) is 12.9. The molecule has 0 amide bonds. The highest BCUT2D eigenvalue weighted by Crippen LogP contribution is 2.49. The molecular formula is C40H96Cl6N6O6P2. The molecule has 2 atom stereocenters. The maximum absolute atomic E-state index is 13.8. The van der Waals surface area contributed by atoms with Gasteiger partial charge in [-0.2, -0.15) is 0 Å². The number of nitrogens with two attached hydrogens (primary N) is 4. The van der Waals surface area contributed by atoms with Crippen molar-refractivity contribution in [3.63, 3.8) is 0 Å². The lowest BCUT2D eigenvalue weighted by Gasteiger charge is -2.25. The standard InChI is InChI=1S/C40H90N6O6P2.6ClH/c1-3-5-7-9-13-17-35-49-53(47,39-33-45(29-21-25-41)30-22-26-42)51-37-19-15-11-12-16-20-38-52-54(48,50-36-18-14-10-8-6-4-2)40-34-46(31-23-27-43)32-24-28-44;;;;;;/h3-44H2,1-2H3;6*1H. The third-order valence-corrected chi connectivity index (χ3v) is 13.6. The van der Waals surface area contributed by atoms with Crippen molar-refractivity contribution in [2.45, 2.75) is 155 Å². The topological polar surface area (TPSA) is 182 Å². The molecule has 12 nitrogen and oxygen atoms in total. The van der Waals surface area contributed by atoms with E-state index in [0.29, 0.717) is 78.0 Å². The van der Waals surface area contributed by atoms with Crippen LogP contribution in [0.4, 0.5) is 0 Å². The van der Waals surface area contributed by atoms with E-state index in [1.807, 2.05) is 0 Å². The summed E-state index contributed by atoms with van der Waals surface area (Å²) in [7, 11) is -6.40. The highest BCUT2D eigenvalue weighted by molar-refractivity contribution is 7.54. The lowest BCUT2D eigenvalue weighted by Crippen LogP contribution is -2.31. The van der Waals surface area contributed by atoms with Gasteiger partial charge in [0.15, 0.2) is 0 Å². The summed E-state index contributed by atoms with van der Waals surface area (Å²) < 4.78 is 51.7. The molecule has 8 N–H and O–H groups in total. The molecular weight excluding hydrogens is 935 g/mol. The van der Waals surface area contributed by atoms with Crippen LogP contribution in [0.5, 0.6) is 0 Å². The predicted molar refractivity (Wildman–Crippen MR) is 274 cm³/mol. The fraction of sp³-hybridized carbons (Fsp3) is 1.00. The molecule has 0 fully saturated rings. The molecule has 0 aliphatic heterocycles. The SMILES string of the molecule is CCCCCCCCOP(=O)(CCN(CCCN)CCCN)OCCCCCCCCOP(=O)(CCN(CCCN)CCCN)OCCCCCCCC.Cl.Cl.Cl.Cl.Cl.Cl. The maximum atomic E-state index is 13.8. The second-order valence-corrected chi connectivity index (χ2v) is 19.3. The fourth-order valence-corrected chi connectivity index (χ4v) is 9.63. The van der Waals surface area contributed by atoms with Crippen LogP contribution in [-0.4, -0.2) is 114 Å². The second-order valence-electron chi connectivity index (χ2n) is 14.9. The van der Waals surface area contributed by atoms with Crippen molar-refractivity contribution in [2.24, 2.45) is 22.9 Å². The first-order valence-electron chi connectivity index (χ1n) is 22.3. The summed E-state index contributed by atoms with van der Waals surface area (Å²) in [6, 6.07) is 0. The first kappa shape index (κ1) is 76.1. The minimum absolute atomic E-state index is 0. The van der Waals surface area contributed by atoms with Crippen LogP contribution in [0.3, 0.4) is 0 Å². The van der Waals surface area contributed by atoms with E-state index >= 15 is 0 Å². The van der Waals surface area contributed by atoms with Gasteiger partial charge in [-0.1, -0.05) is 104 Å². The zero-order chi connectivity index (χ0) is 39.9. The smallest absolute Gasteiger partial charge is 0.330 e. The van der Waals surface area contributed by atoms with Gasteiger partial charge in [0.2, 0.25) is 0 Å². The summed E-state index contributed by atoms with van der Waals surface area (Å²) in [6.07, 6.45) is 24.0. The van der Waals surface area contributed by atoms with Gasteiger partial charge in [0.1, 0.15) is 0 Å². The summed E-state index contributed by atoms with van der Waals surface area (Å²) in [6.45, 7) is 13.6. The van der Waals surface area contributed by atoms with E-state index in [1.165, 1.54) is 51.4 Å². The van der Waals surface area contributed by atoms with Crippen LogP contribution >= 0.6 is 89.6 Å². The molecule has 0 spiro atoms. The van der Waals surface area contributed by atoms with Crippen molar-refractivity contribution in [3.05, 3.63) is 0 Å². The fourth-order valence-electron chi connectivity index (χ4n) is 6.28. The Hall–Kier alpha value is 1.80. The molecule has 0 aromatic rings. The molecule has 374 valence electrons. The quantitative estimate of drug-likeness (QED) is 0.0335. The molecule has 0 aliphatic rings. The Kier molecular flexibility index (Phi) is 72.2. The zero-order valence-corrected chi connectivity index (χ0v) is 44.6. The third-order valence-electron chi connectivity index (χ3n) is 9.78. The lowest BCUT2D eigenvalue weighted by molar-refractivity contribution is 0.189. The Morgan fingerprint density at radius 1 is 0.333 bits per heavy atom. The van der Waals surface area contributed by atoms with Gasteiger partial charge in [-0.3, -0.25) is 9.13 Å². The Bertz CT molecular complexity index is 825. The predicted octanol–water partition coefficient (Wildman–Crippen LogP) is 11.0. The number of hydrogen-bond acceptors (Lipinski definition) is 12. The minimum atomic E-state index is -3.20. The summed E-state index contributed by atoms with van der Waals surface area (Å²) >= 11 is 0. The van der Waals surface area contributed by atoms with Crippen LogP contribution in [0.15, 0.2) is 0 Å². The maximum Gasteiger partial charge on any atom is 0.331 e. The van der Waals surface area contributed by atoms with Crippen molar-refractivity contribution in [1.29, 1.82) is 0 Å². The van der Waals surface area contributed by atoms with Crippen molar-refractivity contribution in [1.82, 2.24) is 9.80 Å². The molecule has 0 aliphatic carbocycles. The summed E-state index contributed by atoms with van der Waals surface area (Å²) in [4.78, 5) is 4.57. The van der Waals surface area contributed by atoms with Crippen LogP contribution in [-0.2, 0) is 27.2 Å². The van der Waals surface area contributed by atoms with Crippen molar-refractivity contribution < 1.29 is 27.2 Å². The first-order chi connectivity index (χ1) is 26.3. The van der Waals surface area contributed by atoms with Crippen LogP contribution in [0, 0.1) is 0 Å². The molecule has 0 radical (unpaired) electrons. The molecule has 0 saturated heterocycles. The van der Waals surface area contributed by atoms with E-state index in [2.05, 4.69) is 23.6 Å². The van der Waals surface area contributed by atoms with Crippen LogP contribution in [0.2, 0.25) is 0 Å². The average molecular weight is 1030 g/mol. The first-order valence-corrected chi connectivity index (χ1v) is 25.8. The van der Waals surface area contributed by atoms with Gasteiger partial charge < -0.3 is 50.8 Å². The number of halogens is 6. The molecule has 0 bridgehead atoms. The molecule has 0 heterocycles. The van der Waals surface area contributed by atoms with E-state index in [9.17, 15) is 9.13 Å². The van der Waals surface area contributed by atoms with Gasteiger partial charge in [-0.15, -0.1) is 74.4 Å². The van der Waals surface area contributed by atoms with Crippen LogP contribution in [0.1, 0.15) is 155 Å². The van der Waals surface area contributed by atoms with Crippen molar-refractivity contribution in [3.8, 4) is 0 Å². The lowest BCUT2D eigenvalue weighted by atomic mass is 10.1. The van der Waals surface area contributed by atoms with E-state index in [-0.39, 0.29) is 74.4 Å². The van der Waals surface area contributed by atoms with Crippen LogP contribution in [0.25, 0.3) is 0 Å². The highest BCUT2D eigenvalue weighted by Gasteiger charge is 2.27. The highest BCUT2D eigenvalue weighted by atomic mass is 35.5. The average Bonchev–Trinajstić information content (AvgIpc) is 3.17. The van der Waals surface area contributed by atoms with Crippen LogP contribution < -0.4 is 22.9 Å². The van der Waals surface area contributed by atoms with Crippen molar-refractivity contribution in [2.75, 3.05) is 104 Å². The molecule has 0 rings (SSSR count). The zero-order valence-electron chi connectivity index (χ0n) is 37.9. The summed E-state index contributed by atoms with van der Waals surface area (Å²) in [5.74, 6) is 0. The largest absolute Gasteiger partial charge is 0.331 e. The Labute approximate surface area is 406 Å². The molecule has 0 saturated carbocycles. The van der Waals surface area contributed by atoms with E-state index < -0.39 is 15.2 Å². The summed E-state index contributed by atoms with van der Waals surface area (Å²) in [5, 5.41) is 0. The van der Waals surface area contributed by atoms with Gasteiger partial charge in [-0.25, -0.2) is 0 Å². The van der Waals surface area contributed by atoms with Gasteiger partial charge in [0.05, 0.1) is 38.8 Å². The molecule has 60 heavy (non-hydrogen) atoms. The second kappa shape index (κ2) is 56.9. The molecule has 2 unspecified atom stereocenters.